The largest absolute Gasteiger partial charge is 0.419 e. The molecule has 2 heterocycles. The van der Waals surface area contributed by atoms with Crippen LogP contribution in [0.15, 0.2) is 42.6 Å². The lowest BCUT2D eigenvalue weighted by molar-refractivity contribution is -0.137. The summed E-state index contributed by atoms with van der Waals surface area (Å²) < 4.78 is 39.9. The third kappa shape index (κ3) is 5.74. The van der Waals surface area contributed by atoms with E-state index in [1.807, 2.05) is 31.2 Å². The summed E-state index contributed by atoms with van der Waals surface area (Å²) in [5, 5.41) is 2.99. The molecule has 0 saturated carbocycles. The van der Waals surface area contributed by atoms with E-state index in [-0.39, 0.29) is 11.7 Å². The molecule has 1 unspecified atom stereocenters. The quantitative estimate of drug-likeness (QED) is 0.654. The fourth-order valence-electron chi connectivity index (χ4n) is 4.03. The normalized spacial score (nSPS) is 17.5. The highest BCUT2D eigenvalue weighted by atomic mass is 19.4. The number of nitrogens with one attached hydrogen (secondary N) is 1. The van der Waals surface area contributed by atoms with Crippen molar-refractivity contribution in [2.45, 2.75) is 51.6 Å². The van der Waals surface area contributed by atoms with Gasteiger partial charge < -0.3 is 10.2 Å². The molecule has 1 aromatic carbocycles. The predicted molar refractivity (Wildman–Crippen MR) is 112 cm³/mol. The van der Waals surface area contributed by atoms with Gasteiger partial charge in [0.05, 0.1) is 5.56 Å². The number of carbonyl (C=O) groups is 1. The molecule has 1 N–H and O–H groups in total. The zero-order chi connectivity index (χ0) is 21.6. The van der Waals surface area contributed by atoms with Crippen LogP contribution in [0.3, 0.4) is 0 Å². The molecule has 1 atom stereocenters. The molecule has 0 radical (unpaired) electrons. The SMILES string of the molecule is CCc1ccccc1NC(=O)CCC1CCCN(c2ncccc2C(F)(F)F)CC1. The molecule has 1 aromatic heterocycles. The van der Waals surface area contributed by atoms with Crippen molar-refractivity contribution in [1.82, 2.24) is 4.98 Å². The number of hydrogen-bond donors (Lipinski definition) is 1. The molecular weight excluding hydrogens is 391 g/mol. The van der Waals surface area contributed by atoms with Crippen LogP contribution in [0.2, 0.25) is 0 Å². The van der Waals surface area contributed by atoms with Gasteiger partial charge in [0.25, 0.3) is 0 Å². The minimum atomic E-state index is -4.41. The van der Waals surface area contributed by atoms with E-state index >= 15 is 0 Å². The number of hydrogen-bond acceptors (Lipinski definition) is 3. The zero-order valence-electron chi connectivity index (χ0n) is 17.2. The lowest BCUT2D eigenvalue weighted by Gasteiger charge is -2.25. The summed E-state index contributed by atoms with van der Waals surface area (Å²) >= 11 is 0. The molecule has 1 aliphatic rings. The number of halogens is 3. The molecule has 162 valence electrons. The number of amides is 1. The molecule has 4 nitrogen and oxygen atoms in total. The average molecular weight is 419 g/mol. The van der Waals surface area contributed by atoms with Crippen molar-refractivity contribution in [3.05, 3.63) is 53.7 Å². The Bertz CT molecular complexity index is 854. The van der Waals surface area contributed by atoms with Crippen LogP contribution in [0.4, 0.5) is 24.7 Å². The molecule has 1 saturated heterocycles. The van der Waals surface area contributed by atoms with Gasteiger partial charge in [-0.2, -0.15) is 13.2 Å². The Morgan fingerprint density at radius 2 is 1.97 bits per heavy atom. The highest BCUT2D eigenvalue weighted by Crippen LogP contribution is 2.36. The molecule has 1 aliphatic heterocycles. The molecule has 1 fully saturated rings. The van der Waals surface area contributed by atoms with Gasteiger partial charge in [-0.15, -0.1) is 0 Å². The molecular formula is C23H28F3N3O. The second kappa shape index (κ2) is 9.96. The van der Waals surface area contributed by atoms with Crippen LogP contribution < -0.4 is 10.2 Å². The van der Waals surface area contributed by atoms with Gasteiger partial charge in [-0.25, -0.2) is 4.98 Å². The molecule has 1 amide bonds. The van der Waals surface area contributed by atoms with Gasteiger partial charge >= 0.3 is 6.18 Å². The smallest absolute Gasteiger partial charge is 0.356 e. The lowest BCUT2D eigenvalue weighted by Crippen LogP contribution is -2.28. The number of rotatable bonds is 6. The van der Waals surface area contributed by atoms with E-state index in [4.69, 9.17) is 0 Å². The number of benzene rings is 1. The van der Waals surface area contributed by atoms with Gasteiger partial charge in [-0.3, -0.25) is 4.79 Å². The number of anilines is 2. The van der Waals surface area contributed by atoms with Gasteiger partial charge in [-0.1, -0.05) is 25.1 Å². The highest BCUT2D eigenvalue weighted by Gasteiger charge is 2.36. The second-order valence-corrected chi connectivity index (χ2v) is 7.75. The lowest BCUT2D eigenvalue weighted by atomic mass is 9.95. The van der Waals surface area contributed by atoms with Crippen LogP contribution >= 0.6 is 0 Å². The summed E-state index contributed by atoms with van der Waals surface area (Å²) in [4.78, 5) is 18.1. The summed E-state index contributed by atoms with van der Waals surface area (Å²) in [5.74, 6) is 0.320. The predicted octanol–water partition coefficient (Wildman–Crippen LogP) is 5.69. The van der Waals surface area contributed by atoms with E-state index < -0.39 is 11.7 Å². The van der Waals surface area contributed by atoms with Gasteiger partial charge in [-0.05, 0) is 61.8 Å². The number of nitrogens with zero attached hydrogens (tertiary/aromatic N) is 2. The Balaban J connectivity index is 1.54. The topological polar surface area (TPSA) is 45.2 Å². The third-order valence-electron chi connectivity index (χ3n) is 5.69. The Kier molecular flexibility index (Phi) is 7.34. The maximum absolute atomic E-state index is 13.3. The summed E-state index contributed by atoms with van der Waals surface area (Å²) in [7, 11) is 0. The van der Waals surface area contributed by atoms with Crippen LogP contribution in [-0.2, 0) is 17.4 Å². The van der Waals surface area contributed by atoms with Crippen molar-refractivity contribution in [3.63, 3.8) is 0 Å². The van der Waals surface area contributed by atoms with Crippen molar-refractivity contribution in [2.24, 2.45) is 5.92 Å². The van der Waals surface area contributed by atoms with E-state index in [0.717, 1.165) is 49.4 Å². The summed E-state index contributed by atoms with van der Waals surface area (Å²) in [6, 6.07) is 10.2. The Morgan fingerprint density at radius 1 is 1.17 bits per heavy atom. The molecule has 3 rings (SSSR count). The maximum Gasteiger partial charge on any atom is 0.419 e. The highest BCUT2D eigenvalue weighted by molar-refractivity contribution is 5.91. The first kappa shape index (κ1) is 22.1. The van der Waals surface area contributed by atoms with E-state index in [9.17, 15) is 18.0 Å². The summed E-state index contributed by atoms with van der Waals surface area (Å²) in [6.07, 6.45) is 1.45. The number of aromatic nitrogens is 1. The summed E-state index contributed by atoms with van der Waals surface area (Å²) in [5.41, 5.74) is 1.27. The van der Waals surface area contributed by atoms with Gasteiger partial charge in [0.15, 0.2) is 0 Å². The van der Waals surface area contributed by atoms with Crippen molar-refractivity contribution in [1.29, 1.82) is 0 Å². The molecule has 0 aliphatic carbocycles. The monoisotopic (exact) mass is 419 g/mol. The average Bonchev–Trinajstić information content (AvgIpc) is 2.98. The molecule has 7 heteroatoms. The van der Waals surface area contributed by atoms with E-state index in [2.05, 4.69) is 10.3 Å². The van der Waals surface area contributed by atoms with Crippen LogP contribution in [-0.4, -0.2) is 24.0 Å². The fraction of sp³-hybridized carbons (Fsp3) is 0.478. The third-order valence-corrected chi connectivity index (χ3v) is 5.69. The molecule has 30 heavy (non-hydrogen) atoms. The Morgan fingerprint density at radius 3 is 2.73 bits per heavy atom. The first-order valence-corrected chi connectivity index (χ1v) is 10.5. The summed E-state index contributed by atoms with van der Waals surface area (Å²) in [6.45, 7) is 3.12. The van der Waals surface area contributed by atoms with Crippen LogP contribution in [0, 0.1) is 5.92 Å². The van der Waals surface area contributed by atoms with Crippen molar-refractivity contribution < 1.29 is 18.0 Å². The Hall–Kier alpha value is -2.57. The Labute approximate surface area is 175 Å². The zero-order valence-corrected chi connectivity index (χ0v) is 17.2. The number of aryl methyl sites for hydroxylation is 1. The van der Waals surface area contributed by atoms with E-state index in [1.165, 1.54) is 12.3 Å². The minimum absolute atomic E-state index is 0.0129. The van der Waals surface area contributed by atoms with Gasteiger partial charge in [0.2, 0.25) is 5.91 Å². The maximum atomic E-state index is 13.3. The second-order valence-electron chi connectivity index (χ2n) is 7.75. The van der Waals surface area contributed by atoms with Crippen molar-refractivity contribution in [3.8, 4) is 0 Å². The van der Waals surface area contributed by atoms with Crippen LogP contribution in [0.5, 0.6) is 0 Å². The minimum Gasteiger partial charge on any atom is -0.356 e. The van der Waals surface area contributed by atoms with E-state index in [0.29, 0.717) is 25.4 Å². The number of para-hydroxylation sites is 1. The molecule has 0 spiro atoms. The number of pyridine rings is 1. The molecule has 0 bridgehead atoms. The van der Waals surface area contributed by atoms with Gasteiger partial charge in [0.1, 0.15) is 5.82 Å². The number of carbonyl (C=O) groups excluding carboxylic acids is 1. The van der Waals surface area contributed by atoms with E-state index in [1.54, 1.807) is 4.90 Å². The first-order valence-electron chi connectivity index (χ1n) is 10.5. The standard InChI is InChI=1S/C23H28F3N3O/c1-2-18-8-3-4-10-20(18)28-21(30)12-11-17-7-6-15-29(16-13-17)22-19(23(24,25)26)9-5-14-27-22/h3-5,8-10,14,17H,2,6-7,11-13,15-16H2,1H3,(H,28,30). The van der Waals surface area contributed by atoms with Crippen molar-refractivity contribution in [2.75, 3.05) is 23.3 Å². The molecule has 2 aromatic rings. The first-order chi connectivity index (χ1) is 14.4. The fourth-order valence-corrected chi connectivity index (χ4v) is 4.03. The van der Waals surface area contributed by atoms with Crippen molar-refractivity contribution >= 4 is 17.4 Å². The van der Waals surface area contributed by atoms with Crippen LogP contribution in [0.1, 0.15) is 50.2 Å². The van der Waals surface area contributed by atoms with Gasteiger partial charge in [0, 0.05) is 31.4 Å². The van der Waals surface area contributed by atoms with Crippen LogP contribution in [0.25, 0.3) is 0 Å². The number of alkyl halides is 3.